The number of thiazole rings is 1. The first kappa shape index (κ1) is 11.0. The minimum Gasteiger partial charge on any atom is -0.389 e. The lowest BCUT2D eigenvalue weighted by molar-refractivity contribution is -0.00458. The van der Waals surface area contributed by atoms with Crippen molar-refractivity contribution in [3.8, 4) is 0 Å². The van der Waals surface area contributed by atoms with Crippen molar-refractivity contribution in [1.29, 1.82) is 0 Å². The number of hydrogen-bond acceptors (Lipinski definition) is 4. The van der Waals surface area contributed by atoms with Gasteiger partial charge in [0, 0.05) is 30.0 Å². The van der Waals surface area contributed by atoms with Gasteiger partial charge in [0.15, 0.2) is 0 Å². The van der Waals surface area contributed by atoms with E-state index in [9.17, 15) is 5.11 Å². The fourth-order valence-corrected chi connectivity index (χ4v) is 2.89. The summed E-state index contributed by atoms with van der Waals surface area (Å²) in [7, 11) is 0. The van der Waals surface area contributed by atoms with Crippen LogP contribution in [0, 0.1) is 12.8 Å². The topological polar surface area (TPSA) is 42.4 Å². The molecule has 15 heavy (non-hydrogen) atoms. The lowest BCUT2D eigenvalue weighted by atomic mass is 9.86. The minimum absolute atomic E-state index is 0.252. The van der Waals surface area contributed by atoms with Gasteiger partial charge in [0.1, 0.15) is 0 Å². The summed E-state index contributed by atoms with van der Waals surface area (Å²) >= 11 is 1.62. The number of aryl methyl sites for hydroxylation is 1. The molecule has 1 fully saturated rings. The fourth-order valence-electron chi connectivity index (χ4n) is 1.96. The first-order chi connectivity index (χ1) is 7.08. The molecule has 0 spiro atoms. The third-order valence-electron chi connectivity index (χ3n) is 2.98. The summed E-state index contributed by atoms with van der Waals surface area (Å²) in [5.74, 6) is 0.252. The maximum Gasteiger partial charge on any atom is 0.0956 e. The van der Waals surface area contributed by atoms with Crippen LogP contribution in [0.5, 0.6) is 0 Å². The van der Waals surface area contributed by atoms with Gasteiger partial charge in [0.05, 0.1) is 17.2 Å². The number of nitrogens with zero attached hydrogens (tertiary/aromatic N) is 1. The Morgan fingerprint density at radius 1 is 1.73 bits per heavy atom. The van der Waals surface area contributed by atoms with Gasteiger partial charge in [0.25, 0.3) is 0 Å². The quantitative estimate of drug-likeness (QED) is 0.856. The summed E-state index contributed by atoms with van der Waals surface area (Å²) in [6.45, 7) is 5.32. The van der Waals surface area contributed by atoms with Crippen molar-refractivity contribution in [2.45, 2.75) is 32.3 Å². The molecule has 0 amide bonds. The molecule has 84 valence electrons. The Labute approximate surface area is 94.1 Å². The van der Waals surface area contributed by atoms with E-state index in [1.54, 1.807) is 11.3 Å². The molecule has 0 aliphatic carbocycles. The maximum atomic E-state index is 10.4. The third-order valence-corrected chi connectivity index (χ3v) is 3.95. The van der Waals surface area contributed by atoms with Gasteiger partial charge in [-0.3, -0.25) is 0 Å². The average Bonchev–Trinajstić information content (AvgIpc) is 2.75. The molecule has 0 bridgehead atoms. The van der Waals surface area contributed by atoms with Crippen LogP contribution in [0.4, 0.5) is 0 Å². The highest BCUT2D eigenvalue weighted by molar-refractivity contribution is 7.09. The van der Waals surface area contributed by atoms with Crippen molar-refractivity contribution in [2.24, 2.45) is 5.92 Å². The van der Waals surface area contributed by atoms with E-state index < -0.39 is 5.60 Å². The normalized spacial score (nSPS) is 25.4. The highest BCUT2D eigenvalue weighted by atomic mass is 32.1. The number of hydrogen-bond donors (Lipinski definition) is 1. The Morgan fingerprint density at radius 3 is 3.07 bits per heavy atom. The summed E-state index contributed by atoms with van der Waals surface area (Å²) in [5.41, 5.74) is 0.356. The predicted octanol–water partition coefficient (Wildman–Crippen LogP) is 1.78. The molecule has 1 aliphatic heterocycles. The van der Waals surface area contributed by atoms with Gasteiger partial charge in [-0.25, -0.2) is 4.98 Å². The third kappa shape index (κ3) is 2.56. The van der Waals surface area contributed by atoms with E-state index in [1.807, 2.05) is 19.2 Å². The summed E-state index contributed by atoms with van der Waals surface area (Å²) in [6, 6.07) is 0. The van der Waals surface area contributed by atoms with Gasteiger partial charge < -0.3 is 9.84 Å². The molecule has 1 aromatic heterocycles. The summed E-state index contributed by atoms with van der Waals surface area (Å²) in [5, 5.41) is 13.4. The first-order valence-electron chi connectivity index (χ1n) is 5.29. The van der Waals surface area contributed by atoms with Gasteiger partial charge in [-0.15, -0.1) is 11.3 Å². The highest BCUT2D eigenvalue weighted by Gasteiger charge is 2.35. The minimum atomic E-state index is -0.680. The molecule has 0 saturated carbocycles. The van der Waals surface area contributed by atoms with Crippen LogP contribution in [0.15, 0.2) is 5.38 Å². The molecule has 1 aliphatic rings. The van der Waals surface area contributed by atoms with E-state index in [4.69, 9.17) is 4.74 Å². The second-order valence-electron chi connectivity index (χ2n) is 4.48. The molecular weight excluding hydrogens is 210 g/mol. The van der Waals surface area contributed by atoms with E-state index in [-0.39, 0.29) is 5.92 Å². The van der Waals surface area contributed by atoms with Gasteiger partial charge in [0.2, 0.25) is 0 Å². The Bertz CT molecular complexity index is 329. The number of rotatable bonds is 3. The van der Waals surface area contributed by atoms with Crippen LogP contribution >= 0.6 is 11.3 Å². The van der Waals surface area contributed by atoms with E-state index in [2.05, 4.69) is 4.98 Å². The second-order valence-corrected chi connectivity index (χ2v) is 5.42. The molecule has 2 rings (SSSR count). The van der Waals surface area contributed by atoms with Crippen molar-refractivity contribution in [3.63, 3.8) is 0 Å². The van der Waals surface area contributed by atoms with Crippen LogP contribution in [-0.4, -0.2) is 28.9 Å². The molecule has 2 unspecified atom stereocenters. The van der Waals surface area contributed by atoms with Crippen LogP contribution < -0.4 is 0 Å². The smallest absolute Gasteiger partial charge is 0.0956 e. The van der Waals surface area contributed by atoms with Crippen LogP contribution in [0.1, 0.15) is 24.0 Å². The van der Waals surface area contributed by atoms with E-state index in [1.165, 1.54) is 0 Å². The number of ether oxygens (including phenoxy) is 1. The summed E-state index contributed by atoms with van der Waals surface area (Å²) < 4.78 is 5.31. The average molecular weight is 227 g/mol. The molecule has 4 heteroatoms. The standard InChI is InChI=1S/C11H17NO2S/c1-8-7-15-10(12-8)5-11(2,13)9-3-4-14-6-9/h7,9,13H,3-6H2,1-2H3. The van der Waals surface area contributed by atoms with E-state index in [0.717, 1.165) is 23.7 Å². The van der Waals surface area contributed by atoms with Gasteiger partial charge >= 0.3 is 0 Å². The zero-order chi connectivity index (χ0) is 10.9. The van der Waals surface area contributed by atoms with Crippen LogP contribution in [0.3, 0.4) is 0 Å². The SMILES string of the molecule is Cc1csc(CC(C)(O)C2CCOC2)n1. The zero-order valence-electron chi connectivity index (χ0n) is 9.19. The van der Waals surface area contributed by atoms with Crippen molar-refractivity contribution in [3.05, 3.63) is 16.1 Å². The maximum absolute atomic E-state index is 10.4. The Hall–Kier alpha value is -0.450. The number of aliphatic hydroxyl groups is 1. The second kappa shape index (κ2) is 4.20. The van der Waals surface area contributed by atoms with E-state index in [0.29, 0.717) is 13.0 Å². The van der Waals surface area contributed by atoms with Crippen LogP contribution in [0.2, 0.25) is 0 Å². The Morgan fingerprint density at radius 2 is 2.53 bits per heavy atom. The molecule has 0 aromatic carbocycles. The summed E-state index contributed by atoms with van der Waals surface area (Å²) in [6.07, 6.45) is 1.59. The summed E-state index contributed by atoms with van der Waals surface area (Å²) in [4.78, 5) is 4.38. The molecule has 2 heterocycles. The molecule has 1 N–H and O–H groups in total. The van der Waals surface area contributed by atoms with Gasteiger partial charge in [-0.2, -0.15) is 0 Å². The van der Waals surface area contributed by atoms with Gasteiger partial charge in [-0.1, -0.05) is 0 Å². The number of aromatic nitrogens is 1. The van der Waals surface area contributed by atoms with Crippen molar-refractivity contribution in [1.82, 2.24) is 4.98 Å². The molecule has 2 atom stereocenters. The van der Waals surface area contributed by atoms with Crippen molar-refractivity contribution in [2.75, 3.05) is 13.2 Å². The lowest BCUT2D eigenvalue weighted by Crippen LogP contribution is -2.37. The lowest BCUT2D eigenvalue weighted by Gasteiger charge is -2.28. The van der Waals surface area contributed by atoms with Crippen LogP contribution in [-0.2, 0) is 11.2 Å². The Kier molecular flexibility index (Phi) is 3.09. The molecule has 1 aromatic rings. The van der Waals surface area contributed by atoms with Gasteiger partial charge in [-0.05, 0) is 20.3 Å². The fraction of sp³-hybridized carbons (Fsp3) is 0.727. The first-order valence-corrected chi connectivity index (χ1v) is 6.17. The monoisotopic (exact) mass is 227 g/mol. The largest absolute Gasteiger partial charge is 0.389 e. The zero-order valence-corrected chi connectivity index (χ0v) is 10.0. The van der Waals surface area contributed by atoms with Crippen molar-refractivity contribution < 1.29 is 9.84 Å². The molecule has 0 radical (unpaired) electrons. The van der Waals surface area contributed by atoms with E-state index >= 15 is 0 Å². The van der Waals surface area contributed by atoms with Crippen LogP contribution in [0.25, 0.3) is 0 Å². The highest BCUT2D eigenvalue weighted by Crippen LogP contribution is 2.29. The van der Waals surface area contributed by atoms with Crippen molar-refractivity contribution >= 4 is 11.3 Å². The predicted molar refractivity (Wildman–Crippen MR) is 60.1 cm³/mol. The molecule has 1 saturated heterocycles. The molecule has 3 nitrogen and oxygen atoms in total. The Balaban J connectivity index is 2.02. The molecular formula is C11H17NO2S.